The molecule has 2 aliphatic carbocycles. The minimum Gasteiger partial charge on any atom is -0.458 e. The number of hydrogen-bond acceptors (Lipinski definition) is 5. The van der Waals surface area contributed by atoms with Crippen LogP contribution in [-0.2, 0) is 19.1 Å². The van der Waals surface area contributed by atoms with E-state index in [0.29, 0.717) is 12.8 Å². The van der Waals surface area contributed by atoms with Crippen molar-refractivity contribution in [1.29, 1.82) is 0 Å². The Bertz CT molecular complexity index is 702. The van der Waals surface area contributed by atoms with Crippen LogP contribution in [0.4, 0.5) is 0 Å². The Morgan fingerprint density at radius 1 is 1.21 bits per heavy atom. The lowest BCUT2D eigenvalue weighted by Crippen LogP contribution is -2.58. The van der Waals surface area contributed by atoms with Crippen molar-refractivity contribution < 1.29 is 24.2 Å². The van der Waals surface area contributed by atoms with E-state index in [-0.39, 0.29) is 28.7 Å². The summed E-state index contributed by atoms with van der Waals surface area (Å²) in [6.07, 6.45) is 4.76. The van der Waals surface area contributed by atoms with Gasteiger partial charge < -0.3 is 14.6 Å². The second-order valence-electron chi connectivity index (χ2n) is 10.1. The molecule has 0 aliphatic heterocycles. The molecule has 29 heavy (non-hydrogen) atoms. The Labute approximate surface area is 175 Å². The maximum absolute atomic E-state index is 12.0. The first-order valence-electron chi connectivity index (χ1n) is 10.7. The van der Waals surface area contributed by atoms with Crippen LogP contribution in [0.5, 0.6) is 0 Å². The minimum atomic E-state index is -0.965. The van der Waals surface area contributed by atoms with E-state index in [1.807, 2.05) is 6.92 Å². The summed E-state index contributed by atoms with van der Waals surface area (Å²) in [6.45, 7) is 17.0. The summed E-state index contributed by atoms with van der Waals surface area (Å²) in [6, 6.07) is 0. The highest BCUT2D eigenvalue weighted by atomic mass is 16.6. The molecule has 0 spiro atoms. The van der Waals surface area contributed by atoms with E-state index >= 15 is 0 Å². The van der Waals surface area contributed by atoms with Gasteiger partial charge in [-0.25, -0.2) is 0 Å². The summed E-state index contributed by atoms with van der Waals surface area (Å²) in [5.74, 6) is -0.729. The van der Waals surface area contributed by atoms with E-state index in [9.17, 15) is 14.7 Å². The van der Waals surface area contributed by atoms with Gasteiger partial charge in [0.15, 0.2) is 6.10 Å². The van der Waals surface area contributed by atoms with Crippen LogP contribution in [0.1, 0.15) is 80.6 Å². The molecule has 0 aromatic rings. The van der Waals surface area contributed by atoms with Gasteiger partial charge >= 0.3 is 11.9 Å². The fourth-order valence-electron chi connectivity index (χ4n) is 5.89. The van der Waals surface area contributed by atoms with Crippen molar-refractivity contribution in [2.24, 2.45) is 16.7 Å². The zero-order chi connectivity index (χ0) is 22.2. The summed E-state index contributed by atoms with van der Waals surface area (Å²) in [5.41, 5.74) is 0.917. The van der Waals surface area contributed by atoms with Gasteiger partial charge in [0.25, 0.3) is 0 Å². The Kier molecular flexibility index (Phi) is 6.73. The summed E-state index contributed by atoms with van der Waals surface area (Å²) in [7, 11) is 0. The second-order valence-corrected chi connectivity index (χ2v) is 10.1. The predicted molar refractivity (Wildman–Crippen MR) is 113 cm³/mol. The molecule has 1 fully saturated rings. The molecule has 1 N–H and O–H groups in total. The molecular weight excluding hydrogens is 368 g/mol. The van der Waals surface area contributed by atoms with E-state index < -0.39 is 17.8 Å². The largest absolute Gasteiger partial charge is 0.458 e. The molecule has 2 rings (SSSR count). The summed E-state index contributed by atoms with van der Waals surface area (Å²) >= 11 is 0. The van der Waals surface area contributed by atoms with Crippen molar-refractivity contribution >= 4 is 11.9 Å². The van der Waals surface area contributed by atoms with Gasteiger partial charge in [-0.2, -0.15) is 0 Å². The quantitative estimate of drug-likeness (QED) is 0.510. The number of hydrogen-bond donors (Lipinski definition) is 1. The van der Waals surface area contributed by atoms with Crippen LogP contribution in [0, 0.1) is 16.7 Å². The third-order valence-corrected chi connectivity index (χ3v) is 7.18. The Morgan fingerprint density at radius 2 is 1.79 bits per heavy atom. The van der Waals surface area contributed by atoms with E-state index in [1.54, 1.807) is 13.0 Å². The van der Waals surface area contributed by atoms with E-state index in [2.05, 4.69) is 27.4 Å². The number of carbonyl (C=O) groups excluding carboxylic acids is 2. The van der Waals surface area contributed by atoms with Crippen molar-refractivity contribution in [2.75, 3.05) is 0 Å². The highest BCUT2D eigenvalue weighted by Crippen LogP contribution is 2.61. The Morgan fingerprint density at radius 3 is 2.31 bits per heavy atom. The van der Waals surface area contributed by atoms with Crippen molar-refractivity contribution in [3.05, 3.63) is 23.8 Å². The second kappa shape index (κ2) is 8.25. The molecule has 5 heteroatoms. The molecular formula is C24H38O5. The molecule has 5 nitrogen and oxygen atoms in total. The van der Waals surface area contributed by atoms with Crippen LogP contribution >= 0.6 is 0 Å². The maximum atomic E-state index is 12.0. The minimum absolute atomic E-state index is 0.0179. The summed E-state index contributed by atoms with van der Waals surface area (Å²) < 4.78 is 11.6. The van der Waals surface area contributed by atoms with Crippen molar-refractivity contribution in [1.82, 2.24) is 0 Å². The van der Waals surface area contributed by atoms with E-state index in [0.717, 1.165) is 24.8 Å². The number of esters is 2. The zero-order valence-corrected chi connectivity index (χ0v) is 19.1. The molecule has 2 aliphatic rings. The first kappa shape index (κ1) is 23.7. The molecule has 1 saturated carbocycles. The van der Waals surface area contributed by atoms with Gasteiger partial charge in [0.1, 0.15) is 6.10 Å². The topological polar surface area (TPSA) is 72.8 Å². The van der Waals surface area contributed by atoms with Gasteiger partial charge in [0, 0.05) is 19.8 Å². The maximum Gasteiger partial charge on any atom is 0.303 e. The highest BCUT2D eigenvalue weighted by molar-refractivity contribution is 5.68. The monoisotopic (exact) mass is 406 g/mol. The summed E-state index contributed by atoms with van der Waals surface area (Å²) in [5, 5.41) is 10.5. The lowest BCUT2D eigenvalue weighted by Gasteiger charge is -2.58. The number of allylic oxidation sites excluding steroid dienone is 1. The fraction of sp³-hybridized carbons (Fsp3) is 0.750. The predicted octanol–water partition coefficient (Wildman–Crippen LogP) is 4.73. The molecule has 0 aromatic carbocycles. The van der Waals surface area contributed by atoms with Crippen molar-refractivity contribution in [3.63, 3.8) is 0 Å². The zero-order valence-electron chi connectivity index (χ0n) is 19.1. The van der Waals surface area contributed by atoms with Crippen LogP contribution < -0.4 is 0 Å². The standard InChI is InChI=1S/C24H38O5/c1-9-23(7,27)14-11-18-15(2)19(28-16(3)25)20(29-17(4)26)21-22(5,6)12-10-13-24(18,21)8/h9,19-21,27H,1,10-14H2,2-8H3/t19-,20-,21?,23?,24+/m0/s1. The van der Waals surface area contributed by atoms with Crippen LogP contribution in [-0.4, -0.2) is 34.9 Å². The highest BCUT2D eigenvalue weighted by Gasteiger charge is 2.59. The third kappa shape index (κ3) is 4.76. The third-order valence-electron chi connectivity index (χ3n) is 7.18. The van der Waals surface area contributed by atoms with Crippen LogP contribution in [0.3, 0.4) is 0 Å². The molecule has 0 radical (unpaired) electrons. The molecule has 0 saturated heterocycles. The number of ether oxygens (including phenoxy) is 2. The van der Waals surface area contributed by atoms with Crippen LogP contribution in [0.2, 0.25) is 0 Å². The Balaban J connectivity index is 2.63. The van der Waals surface area contributed by atoms with Gasteiger partial charge in [-0.05, 0) is 55.9 Å². The normalized spacial score (nSPS) is 33.3. The molecule has 0 heterocycles. The molecule has 2 unspecified atom stereocenters. The number of fused-ring (bicyclic) bond motifs is 1. The lowest BCUT2D eigenvalue weighted by atomic mass is 9.48. The van der Waals surface area contributed by atoms with Gasteiger partial charge in [-0.3, -0.25) is 9.59 Å². The first-order chi connectivity index (χ1) is 13.2. The smallest absolute Gasteiger partial charge is 0.303 e. The van der Waals surface area contributed by atoms with E-state index in [4.69, 9.17) is 9.47 Å². The van der Waals surface area contributed by atoms with Crippen LogP contribution in [0.15, 0.2) is 23.8 Å². The van der Waals surface area contributed by atoms with Gasteiger partial charge in [0.05, 0.1) is 5.60 Å². The van der Waals surface area contributed by atoms with Crippen molar-refractivity contribution in [3.8, 4) is 0 Å². The van der Waals surface area contributed by atoms with Gasteiger partial charge in [-0.1, -0.05) is 38.8 Å². The fourth-order valence-corrected chi connectivity index (χ4v) is 5.89. The summed E-state index contributed by atoms with van der Waals surface area (Å²) in [4.78, 5) is 23.9. The van der Waals surface area contributed by atoms with Crippen LogP contribution in [0.25, 0.3) is 0 Å². The lowest BCUT2D eigenvalue weighted by molar-refractivity contribution is -0.185. The average molecular weight is 407 g/mol. The van der Waals surface area contributed by atoms with Gasteiger partial charge in [-0.15, -0.1) is 6.58 Å². The van der Waals surface area contributed by atoms with Crippen molar-refractivity contribution in [2.45, 2.75) is 98.4 Å². The Hall–Kier alpha value is -1.62. The number of carbonyl (C=O) groups is 2. The van der Waals surface area contributed by atoms with E-state index in [1.165, 1.54) is 19.4 Å². The molecule has 0 aromatic heterocycles. The molecule has 0 amide bonds. The average Bonchev–Trinajstić information content (AvgIpc) is 2.56. The number of aliphatic hydroxyl groups is 1. The molecule has 5 atom stereocenters. The SMILES string of the molecule is C=CC(C)(O)CCC1=C(C)[C@H](OC(C)=O)[C@H](OC(C)=O)C2C(C)(C)CCC[C@]12C. The first-order valence-corrected chi connectivity index (χ1v) is 10.7. The number of rotatable bonds is 6. The molecule has 0 bridgehead atoms. The van der Waals surface area contributed by atoms with Gasteiger partial charge in [0.2, 0.25) is 0 Å². The molecule has 164 valence electrons.